The van der Waals surface area contributed by atoms with Gasteiger partial charge in [-0.3, -0.25) is 14.4 Å². The molecule has 2 aliphatic rings. The predicted molar refractivity (Wildman–Crippen MR) is 151 cm³/mol. The lowest BCUT2D eigenvalue weighted by Crippen LogP contribution is -2.33. The summed E-state index contributed by atoms with van der Waals surface area (Å²) in [5, 5.41) is 0.112. The number of benzene rings is 3. The molecule has 4 aromatic rings. The Morgan fingerprint density at radius 3 is 2.44 bits per heavy atom. The maximum Gasteiger partial charge on any atom is 0.418 e. The summed E-state index contributed by atoms with van der Waals surface area (Å²) in [7, 11) is 0. The molecule has 6 nitrogen and oxygen atoms in total. The average Bonchev–Trinajstić information content (AvgIpc) is 3.41. The molecule has 2 aliphatic heterocycles. The fraction of sp³-hybridized carbons (Fsp3) is 0.179. The van der Waals surface area contributed by atoms with Crippen LogP contribution in [0.5, 0.6) is 5.75 Å². The lowest BCUT2D eigenvalue weighted by Gasteiger charge is -2.31. The number of halogens is 5. The van der Waals surface area contributed by atoms with Gasteiger partial charge < -0.3 is 9.72 Å². The molecule has 13 heteroatoms. The molecule has 1 aromatic heterocycles. The first-order chi connectivity index (χ1) is 19.5. The summed E-state index contributed by atoms with van der Waals surface area (Å²) in [4.78, 5) is 43.5. The number of para-hydroxylation sites is 1. The van der Waals surface area contributed by atoms with Gasteiger partial charge in [-0.1, -0.05) is 70.6 Å². The van der Waals surface area contributed by atoms with Crippen LogP contribution in [0.1, 0.15) is 27.5 Å². The minimum absolute atomic E-state index is 0.110. The van der Waals surface area contributed by atoms with E-state index in [2.05, 4.69) is 4.98 Å². The first-order valence-corrected chi connectivity index (χ1v) is 14.6. The standard InChI is InChI=1S/C28H17Cl2F3N2O4S2/c29-14-5-3-4-13(10-14)12-39-19-9-8-15(30)11-16(19)20-21-23(40-24-22(20)41-27(38)34-24)26(37)35(25(21)36)18-7-2-1-6-17(18)28(31,32)33/h1-11,20-21,23H,12H2,(H,34,38)/t20-,21?,23?/m1/s1. The molecule has 6 rings (SSSR count). The van der Waals surface area contributed by atoms with Crippen molar-refractivity contribution in [2.45, 2.75) is 29.0 Å². The molecule has 0 spiro atoms. The van der Waals surface area contributed by atoms with E-state index in [1.165, 1.54) is 12.1 Å². The van der Waals surface area contributed by atoms with Crippen LogP contribution in [0, 0.1) is 5.92 Å². The zero-order valence-electron chi connectivity index (χ0n) is 20.6. The van der Waals surface area contributed by atoms with E-state index in [9.17, 15) is 27.6 Å². The fourth-order valence-electron chi connectivity index (χ4n) is 5.18. The van der Waals surface area contributed by atoms with Crippen molar-refractivity contribution in [1.29, 1.82) is 0 Å². The van der Waals surface area contributed by atoms with Crippen LogP contribution in [-0.2, 0) is 22.4 Å². The maximum absolute atomic E-state index is 14.0. The normalized spacial score (nSPS) is 20.2. The first-order valence-electron chi connectivity index (χ1n) is 12.1. The molecule has 0 radical (unpaired) electrons. The SMILES string of the molecule is O=C1C2Sc3[nH]c(=O)sc3[C@H](c3cc(Cl)ccc3OCc3cccc(Cl)c3)C2C(=O)N1c1ccccc1C(F)(F)F. The second-order valence-corrected chi connectivity index (χ2v) is 12.4. The second kappa shape index (κ2) is 10.5. The Kier molecular flexibility index (Phi) is 7.17. The van der Waals surface area contributed by atoms with Gasteiger partial charge in [-0.05, 0) is 48.0 Å². The number of imide groups is 1. The number of ether oxygens (including phenoxy) is 1. The van der Waals surface area contributed by atoms with Crippen molar-refractivity contribution in [1.82, 2.24) is 4.98 Å². The van der Waals surface area contributed by atoms with Crippen LogP contribution in [-0.4, -0.2) is 22.0 Å². The number of rotatable bonds is 5. The zero-order chi connectivity index (χ0) is 29.1. The summed E-state index contributed by atoms with van der Waals surface area (Å²) < 4.78 is 47.8. The summed E-state index contributed by atoms with van der Waals surface area (Å²) >= 11 is 14.3. The molecule has 1 N–H and O–H groups in total. The number of hydrogen-bond acceptors (Lipinski definition) is 6. The number of aromatic nitrogens is 1. The summed E-state index contributed by atoms with van der Waals surface area (Å²) in [6, 6.07) is 16.3. The van der Waals surface area contributed by atoms with Crippen LogP contribution in [0.3, 0.4) is 0 Å². The van der Waals surface area contributed by atoms with E-state index in [1.807, 2.05) is 6.07 Å². The highest BCUT2D eigenvalue weighted by Crippen LogP contribution is 2.55. The van der Waals surface area contributed by atoms with Crippen LogP contribution in [0.2, 0.25) is 10.0 Å². The quantitative estimate of drug-likeness (QED) is 0.236. The molecule has 0 aliphatic carbocycles. The summed E-state index contributed by atoms with van der Waals surface area (Å²) in [6.45, 7) is 0.110. The predicted octanol–water partition coefficient (Wildman–Crippen LogP) is 7.14. The van der Waals surface area contributed by atoms with Gasteiger partial charge in [0.15, 0.2) is 0 Å². The van der Waals surface area contributed by atoms with E-state index in [-0.39, 0.29) is 6.61 Å². The van der Waals surface area contributed by atoms with Gasteiger partial charge in [0.25, 0.3) is 0 Å². The van der Waals surface area contributed by atoms with E-state index in [4.69, 9.17) is 27.9 Å². The van der Waals surface area contributed by atoms with Gasteiger partial charge in [-0.2, -0.15) is 13.2 Å². The minimum Gasteiger partial charge on any atom is -0.489 e. The average molecular weight is 637 g/mol. The summed E-state index contributed by atoms with van der Waals surface area (Å²) in [5.41, 5.74) is -0.439. The van der Waals surface area contributed by atoms with Gasteiger partial charge in [0, 0.05) is 26.4 Å². The second-order valence-electron chi connectivity index (χ2n) is 9.38. The summed E-state index contributed by atoms with van der Waals surface area (Å²) in [6.07, 6.45) is -4.80. The van der Waals surface area contributed by atoms with Crippen LogP contribution in [0.15, 0.2) is 76.6 Å². The van der Waals surface area contributed by atoms with Crippen LogP contribution in [0.25, 0.3) is 0 Å². The van der Waals surface area contributed by atoms with Crippen molar-refractivity contribution in [2.24, 2.45) is 5.92 Å². The highest BCUT2D eigenvalue weighted by molar-refractivity contribution is 8.00. The van der Waals surface area contributed by atoms with Gasteiger partial charge in [-0.15, -0.1) is 0 Å². The van der Waals surface area contributed by atoms with Crippen molar-refractivity contribution in [2.75, 3.05) is 4.90 Å². The Balaban J connectivity index is 1.46. The molecular weight excluding hydrogens is 620 g/mol. The molecule has 1 saturated heterocycles. The lowest BCUT2D eigenvalue weighted by molar-refractivity contribution is -0.137. The third-order valence-electron chi connectivity index (χ3n) is 6.86. The van der Waals surface area contributed by atoms with Crippen LogP contribution in [0.4, 0.5) is 18.9 Å². The Morgan fingerprint density at radius 2 is 1.68 bits per heavy atom. The van der Waals surface area contributed by atoms with Gasteiger partial charge in [0.1, 0.15) is 17.6 Å². The number of nitrogens with zero attached hydrogens (tertiary/aromatic N) is 1. The topological polar surface area (TPSA) is 79.5 Å². The lowest BCUT2D eigenvalue weighted by atomic mass is 9.82. The Labute approximate surface area is 249 Å². The molecule has 2 amide bonds. The number of aromatic amines is 1. The van der Waals surface area contributed by atoms with Crippen LogP contribution >= 0.6 is 46.3 Å². The number of nitrogens with one attached hydrogen (secondary N) is 1. The number of thioether (sulfide) groups is 1. The van der Waals surface area contributed by atoms with E-state index in [1.54, 1.807) is 36.4 Å². The minimum atomic E-state index is -4.80. The molecule has 0 saturated carbocycles. The zero-order valence-corrected chi connectivity index (χ0v) is 23.7. The molecule has 3 heterocycles. The first kappa shape index (κ1) is 27.9. The third kappa shape index (κ3) is 5.05. The number of H-pyrrole nitrogens is 1. The molecule has 0 bridgehead atoms. The van der Waals surface area contributed by atoms with Crippen molar-refractivity contribution in [3.63, 3.8) is 0 Å². The van der Waals surface area contributed by atoms with E-state index in [0.717, 1.165) is 40.8 Å². The molecule has 41 heavy (non-hydrogen) atoms. The molecule has 1 fully saturated rings. The Morgan fingerprint density at radius 1 is 0.927 bits per heavy atom. The number of amides is 2. The van der Waals surface area contributed by atoms with Crippen molar-refractivity contribution in [3.8, 4) is 5.75 Å². The van der Waals surface area contributed by atoms with Crippen molar-refractivity contribution < 1.29 is 27.5 Å². The van der Waals surface area contributed by atoms with Gasteiger partial charge in [0.05, 0.1) is 22.2 Å². The van der Waals surface area contributed by atoms with Gasteiger partial charge >= 0.3 is 11.0 Å². The van der Waals surface area contributed by atoms with Crippen molar-refractivity contribution >= 4 is 63.8 Å². The van der Waals surface area contributed by atoms with Gasteiger partial charge in [0.2, 0.25) is 11.8 Å². The maximum atomic E-state index is 14.0. The Bertz CT molecular complexity index is 1760. The van der Waals surface area contributed by atoms with Crippen LogP contribution < -0.4 is 14.5 Å². The monoisotopic (exact) mass is 636 g/mol. The molecule has 210 valence electrons. The number of carbonyl (C=O) groups is 2. The highest BCUT2D eigenvalue weighted by Gasteiger charge is 2.57. The number of thiazole rings is 1. The third-order valence-corrected chi connectivity index (χ3v) is 9.74. The van der Waals surface area contributed by atoms with E-state index in [0.29, 0.717) is 36.2 Å². The number of hydrogen-bond donors (Lipinski definition) is 1. The highest BCUT2D eigenvalue weighted by atomic mass is 35.5. The van der Waals surface area contributed by atoms with Crippen molar-refractivity contribution in [3.05, 3.63) is 108 Å². The Hall–Kier alpha value is -3.25. The molecular formula is C28H17Cl2F3N2O4S2. The molecule has 3 atom stereocenters. The molecule has 3 aromatic carbocycles. The smallest absolute Gasteiger partial charge is 0.418 e. The van der Waals surface area contributed by atoms with E-state index >= 15 is 0 Å². The number of alkyl halides is 3. The number of anilines is 1. The molecule has 2 unspecified atom stereocenters. The van der Waals surface area contributed by atoms with E-state index < -0.39 is 51.2 Å². The summed E-state index contributed by atoms with van der Waals surface area (Å²) in [5.74, 6) is -3.28. The number of carbonyl (C=O) groups excluding carboxylic acids is 2. The fourth-order valence-corrected chi connectivity index (χ4v) is 8.08. The number of fused-ring (bicyclic) bond motifs is 2. The largest absolute Gasteiger partial charge is 0.489 e. The van der Waals surface area contributed by atoms with Gasteiger partial charge in [-0.25, -0.2) is 4.90 Å².